The Morgan fingerprint density at radius 2 is 1.69 bits per heavy atom. The van der Waals surface area contributed by atoms with Crippen LogP contribution in [0.15, 0.2) is 47.6 Å². The van der Waals surface area contributed by atoms with E-state index in [9.17, 15) is 13.2 Å². The number of piperazine rings is 1. The van der Waals surface area contributed by atoms with E-state index in [0.29, 0.717) is 38.4 Å². The van der Waals surface area contributed by atoms with Gasteiger partial charge in [-0.05, 0) is 38.2 Å². The number of sulfone groups is 1. The minimum absolute atomic E-state index is 0.0518. The van der Waals surface area contributed by atoms with E-state index in [0.717, 1.165) is 32.5 Å². The Morgan fingerprint density at radius 3 is 2.31 bits per heavy atom. The van der Waals surface area contributed by atoms with E-state index in [1.54, 1.807) is 4.90 Å². The summed E-state index contributed by atoms with van der Waals surface area (Å²) in [6.45, 7) is 6.40. The monoisotopic (exact) mass is 499 g/mol. The van der Waals surface area contributed by atoms with Crippen LogP contribution in [0.1, 0.15) is 38.2 Å². The Morgan fingerprint density at radius 1 is 1.00 bits per heavy atom. The summed E-state index contributed by atoms with van der Waals surface area (Å²) in [4.78, 5) is 27.9. The quantitative estimate of drug-likeness (QED) is 0.599. The smallest absolute Gasteiger partial charge is 0.410 e. The van der Waals surface area contributed by atoms with Crippen LogP contribution >= 0.6 is 0 Å². The molecule has 0 unspecified atom stereocenters. The van der Waals surface area contributed by atoms with Gasteiger partial charge in [0.15, 0.2) is 9.84 Å². The summed E-state index contributed by atoms with van der Waals surface area (Å²) in [7, 11) is -3.29. The van der Waals surface area contributed by atoms with E-state index < -0.39 is 9.84 Å². The first kappa shape index (κ1) is 24.0. The highest BCUT2D eigenvalue weighted by Gasteiger charge is 2.37. The second kappa shape index (κ2) is 10.1. The van der Waals surface area contributed by atoms with Gasteiger partial charge in [0.25, 0.3) is 0 Å². The minimum Gasteiger partial charge on any atom is -0.446 e. The number of aromatic nitrogens is 2. The van der Waals surface area contributed by atoms with Crippen LogP contribution in [0.25, 0.3) is 0 Å². The van der Waals surface area contributed by atoms with E-state index in [1.165, 1.54) is 18.0 Å². The second-order valence-electron chi connectivity index (χ2n) is 9.80. The van der Waals surface area contributed by atoms with Crippen molar-refractivity contribution in [1.82, 2.24) is 19.8 Å². The van der Waals surface area contributed by atoms with E-state index in [2.05, 4.69) is 39.1 Å². The number of carbonyl (C=O) groups excluding carboxylic acids is 1. The summed E-state index contributed by atoms with van der Waals surface area (Å²) in [6.07, 6.45) is 5.62. The van der Waals surface area contributed by atoms with E-state index >= 15 is 0 Å². The molecule has 3 fully saturated rings. The maximum absolute atomic E-state index is 12.9. The molecule has 1 atom stereocenters. The third-order valence-electron chi connectivity index (χ3n) is 7.10. The lowest BCUT2D eigenvalue weighted by atomic mass is 10.1. The molecule has 9 nitrogen and oxygen atoms in total. The van der Waals surface area contributed by atoms with Crippen molar-refractivity contribution in [2.75, 3.05) is 37.6 Å². The van der Waals surface area contributed by atoms with Gasteiger partial charge in [0.05, 0.1) is 17.6 Å². The number of likely N-dealkylation sites (tertiary alicyclic amines) is 1. The van der Waals surface area contributed by atoms with E-state index in [-0.39, 0.29) is 28.4 Å². The molecule has 1 saturated carbocycles. The fourth-order valence-electron chi connectivity index (χ4n) is 4.84. The van der Waals surface area contributed by atoms with Crippen LogP contribution in [0.5, 0.6) is 0 Å². The van der Waals surface area contributed by atoms with Gasteiger partial charge in [0.1, 0.15) is 11.0 Å². The number of anilines is 1. The predicted octanol–water partition coefficient (Wildman–Crippen LogP) is 2.72. The molecule has 35 heavy (non-hydrogen) atoms. The average Bonchev–Trinajstić information content (AvgIpc) is 3.72. The van der Waals surface area contributed by atoms with Gasteiger partial charge in [-0.15, -0.1) is 0 Å². The number of piperidine rings is 1. The molecule has 2 saturated heterocycles. The number of nitrogens with zero attached hydrogens (tertiary/aromatic N) is 5. The van der Waals surface area contributed by atoms with Gasteiger partial charge in [-0.1, -0.05) is 30.3 Å². The first-order valence-corrected chi connectivity index (χ1v) is 14.0. The zero-order valence-electron chi connectivity index (χ0n) is 20.1. The van der Waals surface area contributed by atoms with Crippen molar-refractivity contribution >= 4 is 21.9 Å². The van der Waals surface area contributed by atoms with E-state index in [4.69, 9.17) is 4.74 Å². The highest BCUT2D eigenvalue weighted by atomic mass is 32.2. The van der Waals surface area contributed by atoms with Crippen LogP contribution in [0, 0.1) is 0 Å². The number of amides is 1. The molecular formula is C25H33N5O4S. The van der Waals surface area contributed by atoms with Crippen molar-refractivity contribution in [3.63, 3.8) is 0 Å². The van der Waals surface area contributed by atoms with Gasteiger partial charge >= 0.3 is 6.09 Å². The van der Waals surface area contributed by atoms with E-state index in [1.807, 2.05) is 17.9 Å². The topological polar surface area (TPSA) is 95.9 Å². The Hall–Kier alpha value is -2.72. The summed E-state index contributed by atoms with van der Waals surface area (Å²) in [5, 5.41) is -0.275. The van der Waals surface area contributed by atoms with Crippen LogP contribution in [-0.2, 0) is 21.1 Å². The highest BCUT2D eigenvalue weighted by molar-refractivity contribution is 7.92. The molecule has 1 amide bonds. The van der Waals surface area contributed by atoms with Crippen molar-refractivity contribution in [1.29, 1.82) is 0 Å². The molecule has 0 radical (unpaired) electrons. The lowest BCUT2D eigenvalue weighted by Crippen LogP contribution is -2.55. The largest absolute Gasteiger partial charge is 0.446 e. The Kier molecular flexibility index (Phi) is 6.93. The molecule has 2 aromatic rings. The van der Waals surface area contributed by atoms with Crippen molar-refractivity contribution in [2.24, 2.45) is 0 Å². The van der Waals surface area contributed by atoms with Gasteiger partial charge < -0.3 is 14.5 Å². The zero-order valence-corrected chi connectivity index (χ0v) is 20.9. The Balaban J connectivity index is 1.09. The van der Waals surface area contributed by atoms with Gasteiger partial charge in [0.2, 0.25) is 5.95 Å². The first-order valence-electron chi connectivity index (χ1n) is 12.4. The average molecular weight is 500 g/mol. The van der Waals surface area contributed by atoms with Crippen molar-refractivity contribution in [3.05, 3.63) is 48.3 Å². The summed E-state index contributed by atoms with van der Waals surface area (Å²) < 4.78 is 30.6. The predicted molar refractivity (Wildman–Crippen MR) is 132 cm³/mol. The number of hydrogen-bond donors (Lipinski definition) is 0. The Bertz CT molecular complexity index is 1120. The number of benzene rings is 1. The summed E-state index contributed by atoms with van der Waals surface area (Å²) in [5.41, 5.74) is 1.30. The summed E-state index contributed by atoms with van der Waals surface area (Å²) >= 11 is 0. The molecule has 0 bridgehead atoms. The van der Waals surface area contributed by atoms with Crippen LogP contribution < -0.4 is 4.90 Å². The van der Waals surface area contributed by atoms with Crippen LogP contribution in [-0.4, -0.2) is 84.4 Å². The van der Waals surface area contributed by atoms with Gasteiger partial charge in [-0.25, -0.2) is 23.2 Å². The zero-order chi connectivity index (χ0) is 24.4. The van der Waals surface area contributed by atoms with Crippen LogP contribution in [0.4, 0.5) is 10.7 Å². The molecule has 1 aromatic carbocycles. The fourth-order valence-corrected chi connectivity index (χ4v) is 6.38. The molecule has 3 aliphatic rings. The number of ether oxygens (including phenoxy) is 1. The third-order valence-corrected chi connectivity index (χ3v) is 9.32. The molecule has 10 heteroatoms. The highest BCUT2D eigenvalue weighted by Crippen LogP contribution is 2.33. The molecule has 5 rings (SSSR count). The molecule has 2 aliphatic heterocycles. The molecule has 188 valence electrons. The number of carbonyl (C=O) groups is 1. The standard InChI is InChI=1S/C25H33N5O4S/c1-19-17-29(24-26-15-23(16-27-24)35(32,33)22-7-8-22)13-14-30(19)25(31)34-21-9-11-28(12-10-21)18-20-5-3-2-4-6-20/h2-6,15-16,19,21-22H,7-14,17-18H2,1H3/t19-/m1/s1. The molecule has 1 aromatic heterocycles. The SMILES string of the molecule is C[C@@H]1CN(c2ncc(S(=O)(=O)C3CC3)cn2)CCN1C(=O)OC1CCN(Cc2ccccc2)CC1. The maximum atomic E-state index is 12.9. The summed E-state index contributed by atoms with van der Waals surface area (Å²) in [5.74, 6) is 0.491. The number of hydrogen-bond acceptors (Lipinski definition) is 8. The van der Waals surface area contributed by atoms with Gasteiger partial charge in [-0.2, -0.15) is 0 Å². The van der Waals surface area contributed by atoms with Gasteiger partial charge in [0, 0.05) is 45.3 Å². The summed E-state index contributed by atoms with van der Waals surface area (Å²) in [6, 6.07) is 10.4. The normalized spacial score (nSPS) is 22.3. The van der Waals surface area contributed by atoms with Gasteiger partial charge in [-0.3, -0.25) is 4.90 Å². The van der Waals surface area contributed by atoms with Crippen molar-refractivity contribution in [3.8, 4) is 0 Å². The third kappa shape index (κ3) is 5.59. The second-order valence-corrected chi connectivity index (χ2v) is 12.0. The lowest BCUT2D eigenvalue weighted by Gasteiger charge is -2.40. The fraction of sp³-hybridized carbons (Fsp3) is 0.560. The molecular weight excluding hydrogens is 466 g/mol. The minimum atomic E-state index is -3.29. The Labute approximate surface area is 207 Å². The molecule has 3 heterocycles. The molecule has 0 N–H and O–H groups in total. The number of rotatable bonds is 6. The molecule has 1 aliphatic carbocycles. The van der Waals surface area contributed by atoms with Crippen molar-refractivity contribution < 1.29 is 17.9 Å². The van der Waals surface area contributed by atoms with Crippen LogP contribution in [0.3, 0.4) is 0 Å². The maximum Gasteiger partial charge on any atom is 0.410 e. The van der Waals surface area contributed by atoms with Crippen molar-refractivity contribution in [2.45, 2.75) is 61.4 Å². The first-order chi connectivity index (χ1) is 16.9. The van der Waals surface area contributed by atoms with Crippen LogP contribution in [0.2, 0.25) is 0 Å². The molecule has 0 spiro atoms. The lowest BCUT2D eigenvalue weighted by molar-refractivity contribution is 0.0191.